The molecule has 1 unspecified atom stereocenters. The smallest absolute Gasteiger partial charge is 0.417 e. The van der Waals surface area contributed by atoms with Crippen LogP contribution in [0.25, 0.3) is 17.1 Å². The third-order valence-electron chi connectivity index (χ3n) is 6.59. The number of hydrogen-bond acceptors (Lipinski definition) is 8. The summed E-state index contributed by atoms with van der Waals surface area (Å²) in [5.41, 5.74) is 4.74. The predicted molar refractivity (Wildman–Crippen MR) is 134 cm³/mol. The van der Waals surface area contributed by atoms with Crippen LogP contribution in [-0.4, -0.2) is 67.6 Å². The second kappa shape index (κ2) is 9.60. The molecule has 2 aliphatic rings. The lowest BCUT2D eigenvalue weighted by Crippen LogP contribution is -2.47. The third-order valence-corrected chi connectivity index (χ3v) is 7.28. The molecule has 0 radical (unpaired) electrons. The second-order valence-electron chi connectivity index (χ2n) is 9.86. The number of fused-ring (bicyclic) bond motifs is 3. The van der Waals surface area contributed by atoms with Gasteiger partial charge in [-0.25, -0.2) is 4.98 Å². The van der Waals surface area contributed by atoms with Crippen molar-refractivity contribution in [2.75, 3.05) is 19.8 Å². The minimum atomic E-state index is -3.27. The fraction of sp³-hybridized carbons (Fsp3) is 0.462. The number of aliphatic hydroxyl groups is 3. The zero-order valence-corrected chi connectivity index (χ0v) is 21.4. The number of carbonyl (C=O) groups is 1. The van der Waals surface area contributed by atoms with Gasteiger partial charge in [-0.3, -0.25) is 9.36 Å². The van der Waals surface area contributed by atoms with E-state index in [1.807, 2.05) is 48.6 Å². The van der Waals surface area contributed by atoms with Crippen molar-refractivity contribution in [1.29, 1.82) is 0 Å². The summed E-state index contributed by atoms with van der Waals surface area (Å²) in [4.78, 5) is 20.4. The molecule has 1 amide bonds. The molecule has 0 spiro atoms. The number of nitrogens with zero attached hydrogens (tertiary/aromatic N) is 3. The van der Waals surface area contributed by atoms with Crippen LogP contribution in [0, 0.1) is 5.92 Å². The standard InChI is InChI=1S/C26H31N3O6S/c1-15(2)10-19-11-21-17(12-22(19)35-26(31,32)33)4-5-20-23(25(30)28-7-8-34-13-16(28)3)27-24(29(20)21)18-6-9-36-14-18/h6,9,11-12,14-16,31-33H,4-5,7-8,10,13H2,1-3H3. The van der Waals surface area contributed by atoms with Gasteiger partial charge in [0.15, 0.2) is 5.69 Å². The molecular weight excluding hydrogens is 482 g/mol. The number of benzene rings is 1. The summed E-state index contributed by atoms with van der Waals surface area (Å²) in [6.07, 6.45) is -1.50. The van der Waals surface area contributed by atoms with E-state index in [-0.39, 0.29) is 23.6 Å². The van der Waals surface area contributed by atoms with Crippen LogP contribution in [0.3, 0.4) is 0 Å². The van der Waals surface area contributed by atoms with Gasteiger partial charge in [0.2, 0.25) is 0 Å². The van der Waals surface area contributed by atoms with Crippen molar-refractivity contribution in [3.63, 3.8) is 0 Å². The Labute approximate surface area is 213 Å². The van der Waals surface area contributed by atoms with E-state index < -0.39 is 6.16 Å². The van der Waals surface area contributed by atoms with Crippen LogP contribution in [0.15, 0.2) is 29.0 Å². The largest absolute Gasteiger partial charge is 0.453 e. The van der Waals surface area contributed by atoms with Gasteiger partial charge in [0, 0.05) is 17.5 Å². The molecule has 10 heteroatoms. The Morgan fingerprint density at radius 3 is 2.78 bits per heavy atom. The van der Waals surface area contributed by atoms with E-state index in [1.54, 1.807) is 17.4 Å². The number of carbonyl (C=O) groups excluding carboxylic acids is 1. The van der Waals surface area contributed by atoms with E-state index in [2.05, 4.69) is 4.57 Å². The van der Waals surface area contributed by atoms with E-state index in [0.717, 1.165) is 28.1 Å². The van der Waals surface area contributed by atoms with Crippen LogP contribution in [0.1, 0.15) is 48.1 Å². The Morgan fingerprint density at radius 1 is 1.31 bits per heavy atom. The Bertz CT molecular complexity index is 1260. The zero-order chi connectivity index (χ0) is 25.6. The molecule has 4 heterocycles. The highest BCUT2D eigenvalue weighted by molar-refractivity contribution is 7.08. The van der Waals surface area contributed by atoms with Crippen molar-refractivity contribution >= 4 is 17.2 Å². The first-order chi connectivity index (χ1) is 17.1. The second-order valence-corrected chi connectivity index (χ2v) is 10.6. The molecule has 1 fully saturated rings. The van der Waals surface area contributed by atoms with Gasteiger partial charge in [0.1, 0.15) is 11.6 Å². The Hall–Kier alpha value is -2.76. The van der Waals surface area contributed by atoms with Gasteiger partial charge >= 0.3 is 6.16 Å². The highest BCUT2D eigenvalue weighted by Crippen LogP contribution is 2.38. The molecule has 3 aromatic rings. The van der Waals surface area contributed by atoms with Gasteiger partial charge in [-0.2, -0.15) is 11.3 Å². The van der Waals surface area contributed by atoms with Gasteiger partial charge in [0.25, 0.3) is 5.91 Å². The van der Waals surface area contributed by atoms with E-state index in [1.165, 1.54) is 0 Å². The minimum Gasteiger partial charge on any atom is -0.417 e. The first-order valence-corrected chi connectivity index (χ1v) is 13.1. The molecular formula is C26H31N3O6S. The normalized spacial score (nSPS) is 17.8. The molecule has 1 atom stereocenters. The highest BCUT2D eigenvalue weighted by atomic mass is 32.1. The lowest BCUT2D eigenvalue weighted by Gasteiger charge is -2.33. The van der Waals surface area contributed by atoms with Crippen molar-refractivity contribution < 1.29 is 29.6 Å². The molecule has 36 heavy (non-hydrogen) atoms. The number of aryl methyl sites for hydroxylation is 1. The topological polar surface area (TPSA) is 117 Å². The van der Waals surface area contributed by atoms with E-state index in [4.69, 9.17) is 14.5 Å². The lowest BCUT2D eigenvalue weighted by molar-refractivity contribution is -0.419. The number of ether oxygens (including phenoxy) is 2. The number of morpholine rings is 1. The Kier molecular flexibility index (Phi) is 6.65. The fourth-order valence-corrected chi connectivity index (χ4v) is 5.66. The average Bonchev–Trinajstić information content (AvgIpc) is 3.46. The van der Waals surface area contributed by atoms with E-state index in [9.17, 15) is 20.1 Å². The number of hydrogen-bond donors (Lipinski definition) is 3. The van der Waals surface area contributed by atoms with Crippen LogP contribution < -0.4 is 4.74 Å². The number of rotatable bonds is 6. The first-order valence-electron chi connectivity index (χ1n) is 12.2. The average molecular weight is 514 g/mol. The Morgan fingerprint density at radius 2 is 2.11 bits per heavy atom. The van der Waals surface area contributed by atoms with Gasteiger partial charge in [-0.05, 0) is 66.8 Å². The molecule has 9 nitrogen and oxygen atoms in total. The summed E-state index contributed by atoms with van der Waals surface area (Å²) in [5.74, 6) is 1.07. The summed E-state index contributed by atoms with van der Waals surface area (Å²) in [6.45, 7) is 7.63. The molecule has 3 N–H and O–H groups in total. The number of aromatic nitrogens is 2. The van der Waals surface area contributed by atoms with Crippen molar-refractivity contribution in [2.24, 2.45) is 5.92 Å². The quantitative estimate of drug-likeness (QED) is 0.434. The fourth-order valence-electron chi connectivity index (χ4n) is 5.02. The molecule has 0 aliphatic carbocycles. The predicted octanol–water partition coefficient (Wildman–Crippen LogP) is 2.73. The lowest BCUT2D eigenvalue weighted by atomic mass is 9.94. The molecule has 1 aromatic carbocycles. The SMILES string of the molecule is CC(C)Cc1cc2c(cc1OC(O)(O)O)CCc1c(C(=O)N3CCOCC3C)nc(-c3ccsc3)n1-2. The maximum Gasteiger partial charge on any atom is 0.453 e. The maximum atomic E-state index is 13.7. The molecule has 5 rings (SSSR count). The van der Waals surface area contributed by atoms with Crippen LogP contribution in [0.2, 0.25) is 0 Å². The highest BCUT2D eigenvalue weighted by Gasteiger charge is 2.34. The van der Waals surface area contributed by atoms with Crippen molar-refractivity contribution in [3.8, 4) is 22.8 Å². The van der Waals surface area contributed by atoms with Gasteiger partial charge < -0.3 is 29.7 Å². The molecule has 2 aromatic heterocycles. The number of amides is 1. The summed E-state index contributed by atoms with van der Waals surface area (Å²) >= 11 is 1.56. The van der Waals surface area contributed by atoms with Gasteiger partial charge in [-0.15, -0.1) is 0 Å². The molecule has 0 bridgehead atoms. The summed E-state index contributed by atoms with van der Waals surface area (Å²) in [6, 6.07) is 5.65. The van der Waals surface area contributed by atoms with Crippen LogP contribution in [0.4, 0.5) is 0 Å². The van der Waals surface area contributed by atoms with Crippen molar-refractivity contribution in [1.82, 2.24) is 14.5 Å². The maximum absolute atomic E-state index is 13.7. The molecule has 192 valence electrons. The Balaban J connectivity index is 1.67. The van der Waals surface area contributed by atoms with Crippen LogP contribution in [0.5, 0.6) is 5.75 Å². The van der Waals surface area contributed by atoms with E-state index in [0.29, 0.717) is 50.5 Å². The number of thiophene rings is 1. The molecule has 2 aliphatic heterocycles. The monoisotopic (exact) mass is 513 g/mol. The zero-order valence-electron chi connectivity index (χ0n) is 20.6. The van der Waals surface area contributed by atoms with Crippen molar-refractivity contribution in [3.05, 3.63) is 51.5 Å². The van der Waals surface area contributed by atoms with Gasteiger partial charge in [-0.1, -0.05) is 13.8 Å². The van der Waals surface area contributed by atoms with Crippen molar-refractivity contribution in [2.45, 2.75) is 52.2 Å². The van der Waals surface area contributed by atoms with Gasteiger partial charge in [0.05, 0.1) is 30.6 Å². The third kappa shape index (κ3) is 4.79. The molecule has 0 saturated carbocycles. The van der Waals surface area contributed by atoms with Crippen LogP contribution in [-0.2, 0) is 24.0 Å². The molecule has 1 saturated heterocycles. The summed E-state index contributed by atoms with van der Waals surface area (Å²) < 4.78 is 12.7. The first kappa shape index (κ1) is 24.9. The van der Waals surface area contributed by atoms with Crippen LogP contribution >= 0.6 is 11.3 Å². The van der Waals surface area contributed by atoms with E-state index >= 15 is 0 Å². The number of imidazole rings is 1. The summed E-state index contributed by atoms with van der Waals surface area (Å²) in [5, 5.41) is 32.5. The summed E-state index contributed by atoms with van der Waals surface area (Å²) in [7, 11) is 0. The minimum absolute atomic E-state index is 0.0304.